The number of ether oxygens (including phenoxy) is 1. The highest BCUT2D eigenvalue weighted by atomic mass is 35.5. The monoisotopic (exact) mass is 366 g/mol. The van der Waals surface area contributed by atoms with Crippen LogP contribution in [0.3, 0.4) is 0 Å². The number of aryl methyl sites for hydroxylation is 1. The van der Waals surface area contributed by atoms with Crippen molar-refractivity contribution >= 4 is 29.1 Å². The smallest absolute Gasteiger partial charge is 0.227 e. The molecule has 0 saturated carbocycles. The van der Waals surface area contributed by atoms with Gasteiger partial charge in [0.2, 0.25) is 11.8 Å². The predicted octanol–water partition coefficient (Wildman–Crippen LogP) is 3.32. The molecule has 1 aliphatic heterocycles. The van der Waals surface area contributed by atoms with Gasteiger partial charge in [0.25, 0.3) is 0 Å². The van der Waals surface area contributed by atoms with Crippen LogP contribution in [0.4, 0.5) is 5.69 Å². The maximum atomic E-state index is 12.3. The molecule has 2 amide bonds. The van der Waals surface area contributed by atoms with E-state index in [1.54, 1.807) is 11.0 Å². The first kappa shape index (κ1) is 19.7. The second kappa shape index (κ2) is 9.78. The van der Waals surface area contributed by atoms with Crippen LogP contribution >= 0.6 is 11.6 Å². The van der Waals surface area contributed by atoms with Crippen molar-refractivity contribution in [2.75, 3.05) is 31.2 Å². The van der Waals surface area contributed by atoms with Crippen molar-refractivity contribution in [3.8, 4) is 0 Å². The number of nitrogens with zero attached hydrogens (tertiary/aromatic N) is 1. The first-order valence-corrected chi connectivity index (χ1v) is 9.32. The molecule has 1 aliphatic rings. The van der Waals surface area contributed by atoms with Gasteiger partial charge in [0.1, 0.15) is 0 Å². The third-order valence-corrected chi connectivity index (χ3v) is 4.78. The fourth-order valence-corrected chi connectivity index (χ4v) is 2.94. The highest BCUT2D eigenvalue weighted by Gasteiger charge is 2.35. The van der Waals surface area contributed by atoms with Gasteiger partial charge in [-0.15, -0.1) is 0 Å². The summed E-state index contributed by atoms with van der Waals surface area (Å²) in [6.07, 6.45) is 3.21. The van der Waals surface area contributed by atoms with Crippen molar-refractivity contribution in [3.05, 3.63) is 28.8 Å². The van der Waals surface area contributed by atoms with E-state index in [4.69, 9.17) is 16.3 Å². The lowest BCUT2D eigenvalue weighted by molar-refractivity contribution is -0.126. The summed E-state index contributed by atoms with van der Waals surface area (Å²) in [6.45, 7) is 6.44. The number of carbonyl (C=O) groups excluding carboxylic acids is 2. The number of carbonyl (C=O) groups is 2. The number of unbranched alkanes of at least 4 members (excludes halogenated alkanes) is 1. The molecule has 1 saturated heterocycles. The van der Waals surface area contributed by atoms with Gasteiger partial charge in [-0.05, 0) is 37.5 Å². The van der Waals surface area contributed by atoms with Crippen LogP contribution in [0.25, 0.3) is 0 Å². The summed E-state index contributed by atoms with van der Waals surface area (Å²) in [4.78, 5) is 26.2. The van der Waals surface area contributed by atoms with Gasteiger partial charge >= 0.3 is 0 Å². The van der Waals surface area contributed by atoms with Gasteiger partial charge in [-0.3, -0.25) is 9.59 Å². The van der Waals surface area contributed by atoms with Crippen LogP contribution in [0.1, 0.15) is 38.2 Å². The van der Waals surface area contributed by atoms with Crippen LogP contribution in [-0.4, -0.2) is 38.1 Å². The van der Waals surface area contributed by atoms with Crippen molar-refractivity contribution in [1.82, 2.24) is 5.32 Å². The molecule has 0 bridgehead atoms. The van der Waals surface area contributed by atoms with Crippen LogP contribution in [-0.2, 0) is 14.3 Å². The van der Waals surface area contributed by atoms with Gasteiger partial charge in [-0.25, -0.2) is 0 Å². The van der Waals surface area contributed by atoms with Crippen molar-refractivity contribution < 1.29 is 14.3 Å². The molecule has 0 aliphatic carbocycles. The largest absolute Gasteiger partial charge is 0.381 e. The second-order valence-corrected chi connectivity index (χ2v) is 6.86. The lowest BCUT2D eigenvalue weighted by Gasteiger charge is -2.17. The van der Waals surface area contributed by atoms with E-state index >= 15 is 0 Å². The predicted molar refractivity (Wildman–Crippen MR) is 100 cm³/mol. The van der Waals surface area contributed by atoms with Gasteiger partial charge in [0.15, 0.2) is 0 Å². The Kier molecular flexibility index (Phi) is 7.72. The zero-order chi connectivity index (χ0) is 18.2. The minimum absolute atomic E-state index is 0.0389. The molecule has 0 aromatic heterocycles. The molecule has 1 aromatic carbocycles. The second-order valence-electron chi connectivity index (χ2n) is 6.45. The Bertz CT molecular complexity index is 606. The Morgan fingerprint density at radius 2 is 2.12 bits per heavy atom. The maximum absolute atomic E-state index is 12.3. The van der Waals surface area contributed by atoms with Gasteiger partial charge in [0, 0.05) is 43.4 Å². The van der Waals surface area contributed by atoms with E-state index in [1.807, 2.05) is 19.1 Å². The van der Waals surface area contributed by atoms with Crippen molar-refractivity contribution in [1.29, 1.82) is 0 Å². The van der Waals surface area contributed by atoms with E-state index in [9.17, 15) is 9.59 Å². The zero-order valence-electron chi connectivity index (χ0n) is 15.0. The Labute approximate surface area is 154 Å². The average molecular weight is 367 g/mol. The maximum Gasteiger partial charge on any atom is 0.227 e. The third-order valence-electron chi connectivity index (χ3n) is 4.37. The number of nitrogens with one attached hydrogen (secondary N) is 1. The van der Waals surface area contributed by atoms with E-state index < -0.39 is 0 Å². The topological polar surface area (TPSA) is 58.6 Å². The molecule has 1 fully saturated rings. The summed E-state index contributed by atoms with van der Waals surface area (Å²) in [7, 11) is 0. The van der Waals surface area contributed by atoms with Gasteiger partial charge < -0.3 is 15.0 Å². The highest BCUT2D eigenvalue weighted by Crippen LogP contribution is 2.28. The quantitative estimate of drug-likeness (QED) is 0.682. The van der Waals surface area contributed by atoms with E-state index in [0.717, 1.165) is 37.1 Å². The number of hydrogen-bond donors (Lipinski definition) is 1. The lowest BCUT2D eigenvalue weighted by atomic mass is 10.1. The Morgan fingerprint density at radius 1 is 1.36 bits per heavy atom. The number of hydrogen-bond acceptors (Lipinski definition) is 3. The molecular formula is C19H27ClN2O3. The fourth-order valence-electron chi connectivity index (χ4n) is 2.76. The van der Waals surface area contributed by atoms with E-state index in [1.165, 1.54) is 0 Å². The molecule has 6 heteroatoms. The molecule has 1 aromatic rings. The number of amides is 2. The molecule has 1 N–H and O–H groups in total. The number of rotatable bonds is 9. The number of halogens is 1. The molecule has 2 rings (SSSR count). The summed E-state index contributed by atoms with van der Waals surface area (Å²) in [5.41, 5.74) is 1.72. The molecule has 0 radical (unpaired) electrons. The molecule has 0 spiro atoms. The normalized spacial score (nSPS) is 17.2. The molecular weight excluding hydrogens is 340 g/mol. The van der Waals surface area contributed by atoms with Crippen LogP contribution in [0.15, 0.2) is 18.2 Å². The molecule has 5 nitrogen and oxygen atoms in total. The molecule has 25 heavy (non-hydrogen) atoms. The zero-order valence-corrected chi connectivity index (χ0v) is 15.8. The van der Waals surface area contributed by atoms with Crippen LogP contribution < -0.4 is 10.2 Å². The molecule has 1 unspecified atom stereocenters. The van der Waals surface area contributed by atoms with Gasteiger partial charge in [0.05, 0.1) is 5.92 Å². The SMILES string of the molecule is CCCCOCCCNC(=O)C1CC(=O)N(c2ccc(C)c(Cl)c2)C1. The molecule has 1 atom stereocenters. The van der Waals surface area contributed by atoms with Crippen LogP contribution in [0, 0.1) is 12.8 Å². The van der Waals surface area contributed by atoms with Crippen molar-refractivity contribution in [2.45, 2.75) is 39.5 Å². The minimum atomic E-state index is -0.311. The summed E-state index contributed by atoms with van der Waals surface area (Å²) in [6, 6.07) is 5.53. The van der Waals surface area contributed by atoms with E-state index in [2.05, 4.69) is 12.2 Å². The average Bonchev–Trinajstić information content (AvgIpc) is 2.98. The lowest BCUT2D eigenvalue weighted by Crippen LogP contribution is -2.33. The first-order valence-electron chi connectivity index (χ1n) is 8.95. The summed E-state index contributed by atoms with van der Waals surface area (Å²) >= 11 is 6.14. The minimum Gasteiger partial charge on any atom is -0.381 e. The van der Waals surface area contributed by atoms with E-state index in [0.29, 0.717) is 24.7 Å². The third kappa shape index (κ3) is 5.72. The van der Waals surface area contributed by atoms with Crippen LogP contribution in [0.2, 0.25) is 5.02 Å². The Hall–Kier alpha value is -1.59. The van der Waals surface area contributed by atoms with E-state index in [-0.39, 0.29) is 24.2 Å². The molecule has 1 heterocycles. The Balaban J connectivity index is 1.77. The molecule has 138 valence electrons. The first-order chi connectivity index (χ1) is 12.0. The highest BCUT2D eigenvalue weighted by molar-refractivity contribution is 6.31. The Morgan fingerprint density at radius 3 is 2.84 bits per heavy atom. The van der Waals surface area contributed by atoms with Crippen LogP contribution in [0.5, 0.6) is 0 Å². The van der Waals surface area contributed by atoms with Gasteiger partial charge in [-0.1, -0.05) is 31.0 Å². The summed E-state index contributed by atoms with van der Waals surface area (Å²) in [5, 5.41) is 3.53. The van der Waals surface area contributed by atoms with Crippen molar-refractivity contribution in [2.24, 2.45) is 5.92 Å². The fraction of sp³-hybridized carbons (Fsp3) is 0.579. The standard InChI is InChI=1S/C19H27ClN2O3/c1-3-4-9-25-10-5-8-21-19(24)15-11-18(23)22(13-15)16-7-6-14(2)17(20)12-16/h6-7,12,15H,3-5,8-11,13H2,1-2H3,(H,21,24). The van der Waals surface area contributed by atoms with Crippen molar-refractivity contribution in [3.63, 3.8) is 0 Å². The number of anilines is 1. The number of benzene rings is 1. The van der Waals surface area contributed by atoms with Gasteiger partial charge in [-0.2, -0.15) is 0 Å². The summed E-state index contributed by atoms with van der Waals surface area (Å²) < 4.78 is 5.47. The summed E-state index contributed by atoms with van der Waals surface area (Å²) in [5.74, 6) is -0.417.